The summed E-state index contributed by atoms with van der Waals surface area (Å²) in [4.78, 5) is 24.4. The van der Waals surface area contributed by atoms with E-state index in [2.05, 4.69) is 62.9 Å². The number of amides is 2. The highest BCUT2D eigenvalue weighted by Gasteiger charge is 2.46. The second-order valence-electron chi connectivity index (χ2n) is 11.1. The molecule has 8 nitrogen and oxygen atoms in total. The van der Waals surface area contributed by atoms with Gasteiger partial charge in [0.25, 0.3) is 0 Å². The molecule has 6 rings (SSSR count). The second-order valence-corrected chi connectivity index (χ2v) is 12.2. The van der Waals surface area contributed by atoms with Gasteiger partial charge in [0.05, 0.1) is 11.2 Å². The molecule has 1 saturated carbocycles. The summed E-state index contributed by atoms with van der Waals surface area (Å²) in [7, 11) is 0. The minimum absolute atomic E-state index is 0.227. The first-order valence-corrected chi connectivity index (χ1v) is 15.3. The van der Waals surface area contributed by atoms with Crippen molar-refractivity contribution >= 4 is 28.6 Å². The van der Waals surface area contributed by atoms with Crippen molar-refractivity contribution in [1.29, 1.82) is 0 Å². The van der Waals surface area contributed by atoms with Crippen LogP contribution in [-0.2, 0) is 5.54 Å². The van der Waals surface area contributed by atoms with Crippen molar-refractivity contribution in [1.82, 2.24) is 20.1 Å². The van der Waals surface area contributed by atoms with E-state index >= 15 is 0 Å². The van der Waals surface area contributed by atoms with Gasteiger partial charge >= 0.3 is 12.4 Å². The predicted octanol–water partition coefficient (Wildman–Crippen LogP) is 7.54. The Balaban J connectivity index is 1.15. The Morgan fingerprint density at radius 1 is 1.05 bits per heavy atom. The Morgan fingerprint density at radius 2 is 1.73 bits per heavy atom. The molecule has 0 radical (unpaired) electrons. The second kappa shape index (κ2) is 11.6. The van der Waals surface area contributed by atoms with Crippen molar-refractivity contribution in [3.63, 3.8) is 0 Å². The molecule has 2 fully saturated rings. The lowest BCUT2D eigenvalue weighted by molar-refractivity contribution is -0.274. The third-order valence-corrected chi connectivity index (χ3v) is 8.90. The monoisotopic (exact) mass is 620 g/mol. The Morgan fingerprint density at radius 3 is 2.36 bits per heavy atom. The standard InChI is InChI=1S/C32H31F3N6O2S/c1-20-5-4-6-21(2)27(20)41-22(3)15-18-44-30(41)37-29(42)38-31(16-17-31)24-9-7-23(8-10-24)28-36-19-40(39-28)25-11-13-26(14-12-25)43-32(33,34)35/h4-14,19,22H,15-18H2,1-3H3,(H,38,42). The largest absolute Gasteiger partial charge is 0.573 e. The maximum absolute atomic E-state index is 13.3. The number of nitrogens with one attached hydrogen (secondary N) is 1. The fourth-order valence-electron chi connectivity index (χ4n) is 5.48. The molecule has 12 heteroatoms. The number of carbonyl (C=O) groups excluding carboxylic acids is 1. The van der Waals surface area contributed by atoms with Gasteiger partial charge in [-0.1, -0.05) is 54.2 Å². The minimum Gasteiger partial charge on any atom is -0.406 e. The molecular formula is C32H31F3N6O2S. The van der Waals surface area contributed by atoms with Crippen molar-refractivity contribution in [2.24, 2.45) is 4.99 Å². The van der Waals surface area contributed by atoms with Crippen LogP contribution in [0.15, 0.2) is 78.0 Å². The maximum atomic E-state index is 13.3. The lowest BCUT2D eigenvalue weighted by atomic mass is 10.0. The number of nitrogens with zero attached hydrogens (tertiary/aromatic N) is 5. The molecule has 3 aromatic carbocycles. The lowest BCUT2D eigenvalue weighted by Gasteiger charge is -2.37. The van der Waals surface area contributed by atoms with Gasteiger partial charge in [-0.2, -0.15) is 4.99 Å². The molecule has 1 aromatic heterocycles. The van der Waals surface area contributed by atoms with Crippen LogP contribution in [0.25, 0.3) is 17.1 Å². The van der Waals surface area contributed by atoms with Crippen molar-refractivity contribution in [3.05, 3.63) is 89.7 Å². The number of para-hydroxylation sites is 1. The minimum atomic E-state index is -4.75. The van der Waals surface area contributed by atoms with E-state index in [-0.39, 0.29) is 17.8 Å². The average molecular weight is 621 g/mol. The fourth-order valence-corrected chi connectivity index (χ4v) is 6.68. The summed E-state index contributed by atoms with van der Waals surface area (Å²) in [5.74, 6) is 1.06. The van der Waals surface area contributed by atoms with Gasteiger partial charge in [-0.05, 0) is 81.0 Å². The zero-order valence-electron chi connectivity index (χ0n) is 24.4. The van der Waals surface area contributed by atoms with E-state index in [0.29, 0.717) is 16.7 Å². The molecule has 1 N–H and O–H groups in total. The van der Waals surface area contributed by atoms with Gasteiger partial charge in [-0.3, -0.25) is 0 Å². The molecule has 1 saturated heterocycles. The number of hydrogen-bond donors (Lipinski definition) is 1. The Bertz CT molecular complexity index is 1680. The van der Waals surface area contributed by atoms with Crippen LogP contribution in [0.2, 0.25) is 0 Å². The Hall–Kier alpha value is -4.32. The topological polar surface area (TPSA) is 84.6 Å². The van der Waals surface area contributed by atoms with Gasteiger partial charge < -0.3 is 15.0 Å². The van der Waals surface area contributed by atoms with Crippen LogP contribution in [0.1, 0.15) is 42.9 Å². The first-order valence-electron chi connectivity index (χ1n) is 14.3. The molecule has 1 aliphatic heterocycles. The summed E-state index contributed by atoms with van der Waals surface area (Å²) in [6.45, 7) is 6.34. The number of anilines is 1. The maximum Gasteiger partial charge on any atom is 0.573 e. The van der Waals surface area contributed by atoms with Crippen LogP contribution >= 0.6 is 11.8 Å². The van der Waals surface area contributed by atoms with E-state index < -0.39 is 11.9 Å². The summed E-state index contributed by atoms with van der Waals surface area (Å²) in [6.07, 6.45) is -0.622. The van der Waals surface area contributed by atoms with Gasteiger partial charge in [-0.25, -0.2) is 14.5 Å². The highest BCUT2D eigenvalue weighted by molar-refractivity contribution is 8.14. The summed E-state index contributed by atoms with van der Waals surface area (Å²) in [5.41, 5.74) is 5.23. The Labute approximate surface area is 257 Å². The SMILES string of the molecule is Cc1cccc(C)c1N1C(=NC(=O)NC2(c3ccc(-c4ncn(-c5ccc(OC(F)(F)F)cc5)n4)cc3)CC2)SCCC1C. The lowest BCUT2D eigenvalue weighted by Crippen LogP contribution is -2.43. The van der Waals surface area contributed by atoms with Gasteiger partial charge in [0.15, 0.2) is 11.0 Å². The van der Waals surface area contributed by atoms with E-state index in [1.54, 1.807) is 11.8 Å². The molecule has 0 bridgehead atoms. The number of halogens is 3. The van der Waals surface area contributed by atoms with E-state index in [1.165, 1.54) is 35.3 Å². The number of benzene rings is 3. The zero-order valence-corrected chi connectivity index (χ0v) is 25.2. The number of alkyl halides is 3. The van der Waals surface area contributed by atoms with Gasteiger partial charge in [0.2, 0.25) is 0 Å². The number of urea groups is 1. The fraction of sp³-hybridized carbons (Fsp3) is 0.312. The van der Waals surface area contributed by atoms with Crippen LogP contribution in [0.3, 0.4) is 0 Å². The summed E-state index contributed by atoms with van der Waals surface area (Å²) in [5, 5.41) is 8.36. The molecule has 2 heterocycles. The normalized spacial score (nSPS) is 18.7. The van der Waals surface area contributed by atoms with Gasteiger partial charge in [0.1, 0.15) is 12.1 Å². The molecule has 2 amide bonds. The Kier molecular flexibility index (Phi) is 7.87. The summed E-state index contributed by atoms with van der Waals surface area (Å²) < 4.78 is 42.8. The average Bonchev–Trinajstić information content (AvgIpc) is 3.58. The molecule has 1 unspecified atom stereocenters. The van der Waals surface area contributed by atoms with Crippen LogP contribution in [0.5, 0.6) is 5.75 Å². The number of aliphatic imine (C=N–C) groups is 1. The summed E-state index contributed by atoms with van der Waals surface area (Å²) >= 11 is 1.61. The van der Waals surface area contributed by atoms with Crippen molar-refractivity contribution < 1.29 is 22.7 Å². The van der Waals surface area contributed by atoms with Crippen LogP contribution in [0, 0.1) is 13.8 Å². The van der Waals surface area contributed by atoms with Crippen LogP contribution in [-0.4, -0.2) is 44.1 Å². The van der Waals surface area contributed by atoms with Crippen LogP contribution < -0.4 is 15.0 Å². The summed E-state index contributed by atoms with van der Waals surface area (Å²) in [6, 6.07) is 19.2. The number of aromatic nitrogens is 3. The molecule has 1 aliphatic carbocycles. The van der Waals surface area contributed by atoms with E-state index in [0.717, 1.165) is 53.0 Å². The molecule has 44 heavy (non-hydrogen) atoms. The molecule has 228 valence electrons. The predicted molar refractivity (Wildman–Crippen MR) is 165 cm³/mol. The zero-order chi connectivity index (χ0) is 31.1. The molecule has 2 aliphatic rings. The van der Waals surface area contributed by atoms with Crippen molar-refractivity contribution in [3.8, 4) is 22.8 Å². The highest BCUT2D eigenvalue weighted by Crippen LogP contribution is 2.46. The molecule has 0 spiro atoms. The number of aryl methyl sites for hydroxylation is 2. The van der Waals surface area contributed by atoms with Crippen molar-refractivity contribution in [2.75, 3.05) is 10.7 Å². The number of ether oxygens (including phenoxy) is 1. The molecule has 4 aromatic rings. The smallest absolute Gasteiger partial charge is 0.406 e. The number of carbonyl (C=O) groups is 1. The van der Waals surface area contributed by atoms with Crippen molar-refractivity contribution in [2.45, 2.75) is 58.0 Å². The highest BCUT2D eigenvalue weighted by atomic mass is 32.2. The quantitative estimate of drug-likeness (QED) is 0.240. The van der Waals surface area contributed by atoms with Gasteiger partial charge in [-0.15, -0.1) is 18.3 Å². The van der Waals surface area contributed by atoms with E-state index in [4.69, 9.17) is 0 Å². The third-order valence-electron chi connectivity index (χ3n) is 7.91. The third kappa shape index (κ3) is 6.30. The first-order chi connectivity index (χ1) is 21.0. The van der Waals surface area contributed by atoms with Gasteiger partial charge in [0, 0.05) is 23.0 Å². The number of hydrogen-bond acceptors (Lipinski definition) is 5. The van der Waals surface area contributed by atoms with Crippen LogP contribution in [0.4, 0.5) is 23.7 Å². The van der Waals surface area contributed by atoms with E-state index in [9.17, 15) is 18.0 Å². The first kappa shape index (κ1) is 29.7. The van der Waals surface area contributed by atoms with E-state index in [1.807, 2.05) is 30.3 Å². The molecule has 1 atom stereocenters. The number of amidine groups is 1. The molecular weight excluding hydrogens is 589 g/mol. The number of rotatable bonds is 6. The number of thioether (sulfide) groups is 1.